The Morgan fingerprint density at radius 3 is 2.42 bits per heavy atom. The topological polar surface area (TPSA) is 75.2 Å². The number of rotatable bonds is 3. The van der Waals surface area contributed by atoms with Crippen molar-refractivity contribution in [3.8, 4) is 0 Å². The van der Waals surface area contributed by atoms with E-state index in [4.69, 9.17) is 9.47 Å². The summed E-state index contributed by atoms with van der Waals surface area (Å²) in [6, 6.07) is 3.77. The molecule has 0 aromatic carbocycles. The maximum absolute atomic E-state index is 12.8. The van der Waals surface area contributed by atoms with Gasteiger partial charge in [0.15, 0.2) is 5.79 Å². The molecular formula is C18H24N4O4. The lowest BCUT2D eigenvalue weighted by Crippen LogP contribution is -2.47. The molecule has 0 unspecified atom stereocenters. The van der Waals surface area contributed by atoms with Crippen LogP contribution in [0.1, 0.15) is 23.3 Å². The van der Waals surface area contributed by atoms with Crippen molar-refractivity contribution in [2.24, 2.45) is 0 Å². The Bertz CT molecular complexity index is 659. The third-order valence-corrected chi connectivity index (χ3v) is 5.42. The summed E-state index contributed by atoms with van der Waals surface area (Å²) in [6.45, 7) is 5.41. The Labute approximate surface area is 152 Å². The van der Waals surface area contributed by atoms with E-state index in [9.17, 15) is 9.59 Å². The zero-order valence-electron chi connectivity index (χ0n) is 14.8. The standard InChI is InChI=1S/C18H24N4O4/c23-14-20-7-9-21(10-8-20)15-1-4-19-16(13-15)17(24)22-5-2-18(3-6-22)25-11-12-26-18/h1,4,13-14H,2-3,5-12H2. The molecule has 3 aliphatic rings. The molecule has 0 bridgehead atoms. The van der Waals surface area contributed by atoms with Gasteiger partial charge in [0.25, 0.3) is 5.91 Å². The summed E-state index contributed by atoms with van der Waals surface area (Å²) in [4.78, 5) is 33.7. The molecule has 1 aromatic rings. The van der Waals surface area contributed by atoms with Crippen molar-refractivity contribution >= 4 is 18.0 Å². The summed E-state index contributed by atoms with van der Waals surface area (Å²) in [6.07, 6.45) is 3.97. The molecule has 3 saturated heterocycles. The highest BCUT2D eigenvalue weighted by atomic mass is 16.7. The minimum atomic E-state index is -0.482. The summed E-state index contributed by atoms with van der Waals surface area (Å²) in [5.41, 5.74) is 1.44. The van der Waals surface area contributed by atoms with Crippen LogP contribution in [0.5, 0.6) is 0 Å². The Morgan fingerprint density at radius 2 is 1.77 bits per heavy atom. The van der Waals surface area contributed by atoms with Crippen LogP contribution in [-0.4, -0.2) is 85.4 Å². The number of piperazine rings is 1. The molecule has 0 saturated carbocycles. The Kier molecular flexibility index (Phi) is 4.78. The second-order valence-electron chi connectivity index (χ2n) is 6.93. The highest BCUT2D eigenvalue weighted by molar-refractivity contribution is 5.93. The van der Waals surface area contributed by atoms with Crippen LogP contribution >= 0.6 is 0 Å². The van der Waals surface area contributed by atoms with E-state index in [1.54, 1.807) is 11.1 Å². The second kappa shape index (κ2) is 7.20. The molecule has 0 radical (unpaired) electrons. The smallest absolute Gasteiger partial charge is 0.272 e. The number of likely N-dealkylation sites (tertiary alicyclic amines) is 1. The highest BCUT2D eigenvalue weighted by Gasteiger charge is 2.41. The number of amides is 2. The SMILES string of the molecule is O=CN1CCN(c2ccnc(C(=O)N3CCC4(CC3)OCCO4)c2)CC1. The largest absolute Gasteiger partial charge is 0.368 e. The first kappa shape index (κ1) is 17.2. The van der Waals surface area contributed by atoms with Crippen LogP contribution in [-0.2, 0) is 14.3 Å². The first-order valence-electron chi connectivity index (χ1n) is 9.17. The molecule has 8 heteroatoms. The van der Waals surface area contributed by atoms with Gasteiger partial charge >= 0.3 is 0 Å². The average molecular weight is 360 g/mol. The zero-order valence-corrected chi connectivity index (χ0v) is 14.8. The first-order chi connectivity index (χ1) is 12.7. The fourth-order valence-corrected chi connectivity index (χ4v) is 3.82. The van der Waals surface area contributed by atoms with Crippen LogP contribution in [0.15, 0.2) is 18.3 Å². The van der Waals surface area contributed by atoms with E-state index in [0.29, 0.717) is 57.9 Å². The number of nitrogens with zero attached hydrogens (tertiary/aromatic N) is 4. The number of hydrogen-bond acceptors (Lipinski definition) is 6. The summed E-state index contributed by atoms with van der Waals surface area (Å²) in [5, 5.41) is 0. The van der Waals surface area contributed by atoms with Gasteiger partial charge < -0.3 is 24.2 Å². The number of carbonyl (C=O) groups is 2. The van der Waals surface area contributed by atoms with Crippen LogP contribution in [0.2, 0.25) is 0 Å². The Balaban J connectivity index is 1.40. The van der Waals surface area contributed by atoms with E-state index in [1.807, 2.05) is 17.0 Å². The molecule has 4 heterocycles. The maximum Gasteiger partial charge on any atom is 0.272 e. The maximum atomic E-state index is 12.8. The molecular weight excluding hydrogens is 336 g/mol. The van der Waals surface area contributed by atoms with Gasteiger partial charge in [-0.05, 0) is 12.1 Å². The van der Waals surface area contributed by atoms with Crippen molar-refractivity contribution < 1.29 is 19.1 Å². The number of ether oxygens (including phenoxy) is 2. The predicted molar refractivity (Wildman–Crippen MR) is 93.9 cm³/mol. The Morgan fingerprint density at radius 1 is 1.08 bits per heavy atom. The van der Waals surface area contributed by atoms with Gasteiger partial charge in [0.1, 0.15) is 5.69 Å². The van der Waals surface area contributed by atoms with Crippen LogP contribution < -0.4 is 4.90 Å². The molecule has 1 aromatic heterocycles. The molecule has 140 valence electrons. The van der Waals surface area contributed by atoms with Crippen molar-refractivity contribution in [2.75, 3.05) is 57.4 Å². The molecule has 3 aliphatic heterocycles. The van der Waals surface area contributed by atoms with Crippen LogP contribution in [0, 0.1) is 0 Å². The van der Waals surface area contributed by atoms with Gasteiger partial charge in [0, 0.05) is 64.0 Å². The van der Waals surface area contributed by atoms with Gasteiger partial charge in [-0.3, -0.25) is 14.6 Å². The monoisotopic (exact) mass is 360 g/mol. The summed E-state index contributed by atoms with van der Waals surface area (Å²) < 4.78 is 11.4. The van der Waals surface area contributed by atoms with Crippen molar-refractivity contribution in [1.82, 2.24) is 14.8 Å². The highest BCUT2D eigenvalue weighted by Crippen LogP contribution is 2.31. The number of aromatic nitrogens is 1. The quantitative estimate of drug-likeness (QED) is 0.724. The van der Waals surface area contributed by atoms with Gasteiger partial charge in [0.05, 0.1) is 13.2 Å². The predicted octanol–water partition coefficient (Wildman–Crippen LogP) is 0.339. The number of anilines is 1. The molecule has 0 N–H and O–H groups in total. The molecule has 1 spiro atoms. The van der Waals surface area contributed by atoms with E-state index >= 15 is 0 Å². The lowest BCUT2D eigenvalue weighted by molar-refractivity contribution is -0.181. The van der Waals surface area contributed by atoms with Crippen LogP contribution in [0.25, 0.3) is 0 Å². The number of carbonyl (C=O) groups excluding carboxylic acids is 2. The third-order valence-electron chi connectivity index (χ3n) is 5.42. The van der Waals surface area contributed by atoms with Crippen LogP contribution in [0.3, 0.4) is 0 Å². The normalized spacial score (nSPS) is 22.7. The molecule has 0 atom stereocenters. The van der Waals surface area contributed by atoms with Gasteiger partial charge in [-0.25, -0.2) is 0 Å². The van der Waals surface area contributed by atoms with Crippen molar-refractivity contribution in [3.63, 3.8) is 0 Å². The first-order valence-corrected chi connectivity index (χ1v) is 9.17. The van der Waals surface area contributed by atoms with Crippen molar-refractivity contribution in [1.29, 1.82) is 0 Å². The fraction of sp³-hybridized carbons (Fsp3) is 0.611. The summed E-state index contributed by atoms with van der Waals surface area (Å²) >= 11 is 0. The molecule has 4 rings (SSSR count). The molecule has 26 heavy (non-hydrogen) atoms. The van der Waals surface area contributed by atoms with E-state index in [2.05, 4.69) is 9.88 Å². The van der Waals surface area contributed by atoms with Crippen LogP contribution in [0.4, 0.5) is 5.69 Å². The lowest BCUT2D eigenvalue weighted by atomic mass is 10.0. The summed E-state index contributed by atoms with van der Waals surface area (Å²) in [5.74, 6) is -0.532. The van der Waals surface area contributed by atoms with E-state index in [-0.39, 0.29) is 5.91 Å². The minimum Gasteiger partial charge on any atom is -0.368 e. The minimum absolute atomic E-state index is 0.0498. The zero-order chi connectivity index (χ0) is 18.0. The third kappa shape index (κ3) is 3.39. The Hall–Kier alpha value is -2.19. The molecule has 2 amide bonds. The number of pyridine rings is 1. The van der Waals surface area contributed by atoms with Crippen molar-refractivity contribution in [3.05, 3.63) is 24.0 Å². The molecule has 8 nitrogen and oxygen atoms in total. The fourth-order valence-electron chi connectivity index (χ4n) is 3.82. The van der Waals surface area contributed by atoms with Gasteiger partial charge in [0.2, 0.25) is 6.41 Å². The van der Waals surface area contributed by atoms with E-state index in [1.165, 1.54) is 0 Å². The van der Waals surface area contributed by atoms with E-state index in [0.717, 1.165) is 25.2 Å². The van der Waals surface area contributed by atoms with Gasteiger partial charge in [-0.1, -0.05) is 0 Å². The summed E-state index contributed by atoms with van der Waals surface area (Å²) in [7, 11) is 0. The second-order valence-corrected chi connectivity index (χ2v) is 6.93. The van der Waals surface area contributed by atoms with Gasteiger partial charge in [-0.15, -0.1) is 0 Å². The van der Waals surface area contributed by atoms with E-state index < -0.39 is 5.79 Å². The number of hydrogen-bond donors (Lipinski definition) is 0. The van der Waals surface area contributed by atoms with Crippen molar-refractivity contribution in [2.45, 2.75) is 18.6 Å². The molecule has 0 aliphatic carbocycles. The van der Waals surface area contributed by atoms with Gasteiger partial charge in [-0.2, -0.15) is 0 Å². The lowest BCUT2D eigenvalue weighted by Gasteiger charge is -2.37. The number of piperidine rings is 1. The molecule has 3 fully saturated rings. The average Bonchev–Trinajstić information content (AvgIpc) is 3.16.